The molecule has 0 aliphatic carbocycles. The van der Waals surface area contributed by atoms with Crippen LogP contribution in [0.4, 0.5) is 0 Å². The Hall–Kier alpha value is -2.11. The van der Waals surface area contributed by atoms with Crippen molar-refractivity contribution in [1.82, 2.24) is 10.2 Å². The molecule has 0 atom stereocenters. The van der Waals surface area contributed by atoms with Crippen LogP contribution in [0.2, 0.25) is 5.02 Å². The number of H-pyrrole nitrogens is 1. The van der Waals surface area contributed by atoms with Gasteiger partial charge in [-0.05, 0) is 30.3 Å². The van der Waals surface area contributed by atoms with Gasteiger partial charge < -0.3 is 5.11 Å². The maximum Gasteiger partial charge on any atom is 0.196 e. The molecule has 0 aliphatic rings. The summed E-state index contributed by atoms with van der Waals surface area (Å²) in [5.74, 6) is -0.165. The van der Waals surface area contributed by atoms with Crippen LogP contribution in [0.5, 0.6) is 5.75 Å². The highest BCUT2D eigenvalue weighted by Gasteiger charge is 2.19. The lowest BCUT2D eigenvalue weighted by Gasteiger charge is -2.06. The van der Waals surface area contributed by atoms with Gasteiger partial charge in [0.15, 0.2) is 5.78 Å². The Bertz CT molecular complexity index is 861. The summed E-state index contributed by atoms with van der Waals surface area (Å²) in [6.07, 6.45) is 1.44. The zero-order chi connectivity index (χ0) is 15.7. The molecule has 2 N–H and O–H groups in total. The fraction of sp³-hybridized carbons (Fsp3) is 0. The number of aromatic hydroxyl groups is 1. The summed E-state index contributed by atoms with van der Waals surface area (Å²) in [5.41, 5.74) is 1.77. The smallest absolute Gasteiger partial charge is 0.196 e. The third-order valence-electron chi connectivity index (χ3n) is 3.20. The lowest BCUT2D eigenvalue weighted by molar-refractivity contribution is 0.103. The van der Waals surface area contributed by atoms with Gasteiger partial charge >= 0.3 is 0 Å². The number of phenolic OH excluding ortho intramolecular Hbond substituents is 1. The van der Waals surface area contributed by atoms with Crippen LogP contribution in [0.3, 0.4) is 0 Å². The Balaban J connectivity index is 2.09. The molecule has 0 spiro atoms. The minimum absolute atomic E-state index is 0.0249. The van der Waals surface area contributed by atoms with E-state index in [4.69, 9.17) is 11.6 Å². The molecule has 0 unspecified atom stereocenters. The largest absolute Gasteiger partial charge is 0.507 e. The molecular weight excluding hydrogens is 368 g/mol. The summed E-state index contributed by atoms with van der Waals surface area (Å²) in [4.78, 5) is 12.7. The molecule has 0 radical (unpaired) electrons. The second-order valence-corrected chi connectivity index (χ2v) is 6.01. The molecule has 3 aromatic rings. The predicted molar refractivity (Wildman–Crippen MR) is 88.3 cm³/mol. The number of aromatic nitrogens is 2. The van der Waals surface area contributed by atoms with E-state index in [1.165, 1.54) is 12.3 Å². The first kappa shape index (κ1) is 14.8. The average molecular weight is 378 g/mol. The highest BCUT2D eigenvalue weighted by Crippen LogP contribution is 2.33. The zero-order valence-electron chi connectivity index (χ0n) is 11.2. The third-order valence-corrected chi connectivity index (χ3v) is 3.93. The second kappa shape index (κ2) is 5.94. The van der Waals surface area contributed by atoms with E-state index in [-0.39, 0.29) is 11.5 Å². The van der Waals surface area contributed by atoms with Crippen molar-refractivity contribution < 1.29 is 9.90 Å². The van der Waals surface area contributed by atoms with Crippen molar-refractivity contribution in [3.8, 4) is 17.0 Å². The van der Waals surface area contributed by atoms with E-state index in [0.717, 1.165) is 4.47 Å². The molecule has 0 saturated carbocycles. The lowest BCUT2D eigenvalue weighted by atomic mass is 10.00. The van der Waals surface area contributed by atoms with Gasteiger partial charge in [0.25, 0.3) is 0 Å². The maximum absolute atomic E-state index is 12.7. The molecule has 0 fully saturated rings. The van der Waals surface area contributed by atoms with Crippen molar-refractivity contribution in [2.24, 2.45) is 0 Å². The molecular formula is C16H10BrClN2O2. The molecule has 0 aliphatic heterocycles. The summed E-state index contributed by atoms with van der Waals surface area (Å²) < 4.78 is 0.814. The standard InChI is InChI=1S/C16H10BrClN2O2/c17-10-3-1-2-9(6-10)16(22)13-8-19-20-15(13)12-7-11(18)4-5-14(12)21/h1-8,21H,(H,19,20). The molecule has 0 bridgehead atoms. The van der Waals surface area contributed by atoms with Gasteiger partial charge in [0.05, 0.1) is 17.5 Å². The van der Waals surface area contributed by atoms with Crippen molar-refractivity contribution in [1.29, 1.82) is 0 Å². The van der Waals surface area contributed by atoms with Crippen molar-refractivity contribution >= 4 is 33.3 Å². The number of benzene rings is 2. The highest BCUT2D eigenvalue weighted by atomic mass is 79.9. The summed E-state index contributed by atoms with van der Waals surface area (Å²) in [5, 5.41) is 17.1. The maximum atomic E-state index is 12.7. The van der Waals surface area contributed by atoms with Crippen molar-refractivity contribution in [2.45, 2.75) is 0 Å². The van der Waals surface area contributed by atoms with Crippen molar-refractivity contribution in [2.75, 3.05) is 0 Å². The number of halogens is 2. The molecule has 1 heterocycles. The first-order valence-corrected chi connectivity index (χ1v) is 7.56. The van der Waals surface area contributed by atoms with Crippen LogP contribution >= 0.6 is 27.5 Å². The van der Waals surface area contributed by atoms with Gasteiger partial charge in [0.1, 0.15) is 5.75 Å². The molecule has 3 rings (SSSR count). The van der Waals surface area contributed by atoms with Crippen LogP contribution < -0.4 is 0 Å². The highest BCUT2D eigenvalue weighted by molar-refractivity contribution is 9.10. The number of aromatic amines is 1. The summed E-state index contributed by atoms with van der Waals surface area (Å²) in [6, 6.07) is 11.7. The number of rotatable bonds is 3. The first-order valence-electron chi connectivity index (χ1n) is 6.39. The third kappa shape index (κ3) is 2.77. The number of phenols is 1. The van der Waals surface area contributed by atoms with Gasteiger partial charge in [-0.25, -0.2) is 0 Å². The van der Waals surface area contributed by atoms with Gasteiger partial charge in [-0.3, -0.25) is 9.89 Å². The van der Waals surface area contributed by atoms with Crippen LogP contribution in [0, 0.1) is 0 Å². The summed E-state index contributed by atoms with van der Waals surface area (Å²) in [7, 11) is 0. The van der Waals surface area contributed by atoms with E-state index in [0.29, 0.717) is 27.4 Å². The van der Waals surface area contributed by atoms with Gasteiger partial charge in [0.2, 0.25) is 0 Å². The predicted octanol–water partition coefficient (Wildman–Crippen LogP) is 4.43. The number of ketones is 1. The molecule has 0 amide bonds. The summed E-state index contributed by atoms with van der Waals surface area (Å²) >= 11 is 9.31. The lowest BCUT2D eigenvalue weighted by Crippen LogP contribution is -2.02. The molecule has 22 heavy (non-hydrogen) atoms. The summed E-state index contributed by atoms with van der Waals surface area (Å²) in [6.45, 7) is 0. The molecule has 1 aromatic heterocycles. The normalized spacial score (nSPS) is 10.6. The Kier molecular flexibility index (Phi) is 4.00. The molecule has 0 saturated heterocycles. The molecule has 6 heteroatoms. The number of carbonyl (C=O) groups is 1. The van der Waals surface area contributed by atoms with Crippen LogP contribution in [-0.4, -0.2) is 21.1 Å². The van der Waals surface area contributed by atoms with E-state index in [2.05, 4.69) is 26.1 Å². The molecule has 4 nitrogen and oxygen atoms in total. The topological polar surface area (TPSA) is 66.0 Å². The van der Waals surface area contributed by atoms with E-state index in [1.807, 2.05) is 6.07 Å². The van der Waals surface area contributed by atoms with E-state index >= 15 is 0 Å². The number of nitrogens with zero attached hydrogens (tertiary/aromatic N) is 1. The minimum atomic E-state index is -0.190. The monoisotopic (exact) mass is 376 g/mol. The zero-order valence-corrected chi connectivity index (χ0v) is 13.5. The van der Waals surface area contributed by atoms with Crippen LogP contribution in [0.1, 0.15) is 15.9 Å². The van der Waals surface area contributed by atoms with Gasteiger partial charge in [0, 0.05) is 20.6 Å². The van der Waals surface area contributed by atoms with Crippen LogP contribution in [-0.2, 0) is 0 Å². The SMILES string of the molecule is O=C(c1cccc(Br)c1)c1cn[nH]c1-c1cc(Cl)ccc1O. The Morgan fingerprint density at radius 1 is 1.23 bits per heavy atom. The van der Waals surface area contributed by atoms with Crippen molar-refractivity contribution in [3.63, 3.8) is 0 Å². The van der Waals surface area contributed by atoms with Crippen LogP contribution in [0.15, 0.2) is 53.1 Å². The Labute approximate surface area is 139 Å². The number of nitrogens with one attached hydrogen (secondary N) is 1. The van der Waals surface area contributed by atoms with E-state index < -0.39 is 0 Å². The fourth-order valence-corrected chi connectivity index (χ4v) is 2.73. The fourth-order valence-electron chi connectivity index (χ4n) is 2.16. The first-order chi connectivity index (χ1) is 10.6. The number of hydrogen-bond donors (Lipinski definition) is 2. The van der Waals surface area contributed by atoms with Gasteiger partial charge in [-0.1, -0.05) is 39.7 Å². The number of hydrogen-bond acceptors (Lipinski definition) is 3. The molecule has 110 valence electrons. The number of carbonyl (C=O) groups excluding carboxylic acids is 1. The Morgan fingerprint density at radius 2 is 2.05 bits per heavy atom. The minimum Gasteiger partial charge on any atom is -0.507 e. The average Bonchev–Trinajstić information content (AvgIpc) is 2.98. The Morgan fingerprint density at radius 3 is 2.82 bits per heavy atom. The second-order valence-electron chi connectivity index (χ2n) is 4.66. The van der Waals surface area contributed by atoms with Gasteiger partial charge in [-0.15, -0.1) is 0 Å². The van der Waals surface area contributed by atoms with Crippen molar-refractivity contribution in [3.05, 3.63) is 69.3 Å². The van der Waals surface area contributed by atoms with Crippen LogP contribution in [0.25, 0.3) is 11.3 Å². The molecule has 2 aromatic carbocycles. The quantitative estimate of drug-likeness (QED) is 0.664. The van der Waals surface area contributed by atoms with Gasteiger partial charge in [-0.2, -0.15) is 5.10 Å². The van der Waals surface area contributed by atoms with E-state index in [9.17, 15) is 9.90 Å². The van der Waals surface area contributed by atoms with E-state index in [1.54, 1.807) is 30.3 Å².